The van der Waals surface area contributed by atoms with E-state index in [0.717, 1.165) is 25.0 Å². The van der Waals surface area contributed by atoms with E-state index >= 15 is 0 Å². The van der Waals surface area contributed by atoms with Gasteiger partial charge in [0.1, 0.15) is 5.78 Å². The lowest BCUT2D eigenvalue weighted by Gasteiger charge is -2.16. The summed E-state index contributed by atoms with van der Waals surface area (Å²) in [6, 6.07) is 0.473. The zero-order chi connectivity index (χ0) is 18.1. The molecule has 0 aromatic carbocycles. The van der Waals surface area contributed by atoms with Crippen molar-refractivity contribution in [3.63, 3.8) is 0 Å². The highest BCUT2D eigenvalue weighted by molar-refractivity contribution is 8.00. The van der Waals surface area contributed by atoms with Crippen LogP contribution in [0.1, 0.15) is 44.9 Å². The van der Waals surface area contributed by atoms with Crippen molar-refractivity contribution >= 4 is 29.5 Å². The maximum absolute atomic E-state index is 11.9. The van der Waals surface area contributed by atoms with Crippen LogP contribution in [-0.2, 0) is 14.3 Å². The summed E-state index contributed by atoms with van der Waals surface area (Å²) in [5.74, 6) is 1.23. The van der Waals surface area contributed by atoms with E-state index in [-0.39, 0.29) is 29.8 Å². The molecular formula is C17H29N3O4S. The normalized spacial score (nSPS) is 24.5. The van der Waals surface area contributed by atoms with Crippen LogP contribution in [0.2, 0.25) is 0 Å². The molecular weight excluding hydrogens is 342 g/mol. The molecule has 0 spiro atoms. The van der Waals surface area contributed by atoms with Gasteiger partial charge in [-0.15, -0.1) is 0 Å². The van der Waals surface area contributed by atoms with Gasteiger partial charge in [0.05, 0.1) is 18.7 Å². The maximum atomic E-state index is 11.9. The van der Waals surface area contributed by atoms with E-state index in [2.05, 4.69) is 16.0 Å². The van der Waals surface area contributed by atoms with Crippen molar-refractivity contribution in [2.75, 3.05) is 26.0 Å². The number of carbonyl (C=O) groups excluding carboxylic acids is 3. The molecule has 0 aromatic rings. The van der Waals surface area contributed by atoms with Crippen LogP contribution in [-0.4, -0.2) is 61.1 Å². The minimum absolute atomic E-state index is 0.0317. The Hall–Kier alpha value is -1.28. The largest absolute Gasteiger partial charge is 0.381 e. The van der Waals surface area contributed by atoms with Crippen LogP contribution in [0.3, 0.4) is 0 Å². The van der Waals surface area contributed by atoms with Gasteiger partial charge >= 0.3 is 6.03 Å². The van der Waals surface area contributed by atoms with Gasteiger partial charge < -0.3 is 20.7 Å². The van der Waals surface area contributed by atoms with Crippen LogP contribution < -0.4 is 16.0 Å². The molecule has 3 N–H and O–H groups in total. The Balaban J connectivity index is 1.44. The van der Waals surface area contributed by atoms with E-state index in [1.165, 1.54) is 0 Å². The second-order valence-electron chi connectivity index (χ2n) is 6.55. The smallest absolute Gasteiger partial charge is 0.315 e. The number of nitrogens with one attached hydrogen (secondary N) is 3. The third-order valence-electron chi connectivity index (χ3n) is 4.63. The molecule has 3 amide bonds. The predicted octanol–water partition coefficient (Wildman–Crippen LogP) is 1.21. The van der Waals surface area contributed by atoms with Crippen molar-refractivity contribution in [2.24, 2.45) is 0 Å². The lowest BCUT2D eigenvalue weighted by molar-refractivity contribution is -0.122. The summed E-state index contributed by atoms with van der Waals surface area (Å²) in [7, 11) is 1.60. The number of carbonyl (C=O) groups is 3. The number of thioether (sulfide) groups is 1. The van der Waals surface area contributed by atoms with Gasteiger partial charge in [-0.3, -0.25) is 9.59 Å². The minimum atomic E-state index is -0.0481. The average Bonchev–Trinajstić information content (AvgIpc) is 3.14. The second-order valence-corrected chi connectivity index (χ2v) is 7.82. The van der Waals surface area contributed by atoms with E-state index < -0.39 is 0 Å². The van der Waals surface area contributed by atoms with Crippen LogP contribution >= 0.6 is 11.8 Å². The molecule has 0 radical (unpaired) electrons. The molecule has 0 saturated carbocycles. The number of ketones is 1. The number of fused-ring (bicyclic) bond motifs is 1. The number of hydrogen-bond donors (Lipinski definition) is 3. The summed E-state index contributed by atoms with van der Waals surface area (Å²) in [5, 5.41) is 8.94. The van der Waals surface area contributed by atoms with E-state index in [1.807, 2.05) is 11.8 Å². The van der Waals surface area contributed by atoms with Crippen molar-refractivity contribution in [3.8, 4) is 0 Å². The number of Topliss-reactive ketones (excluding diaryl/α,β-unsaturated/α-hetero) is 1. The highest BCUT2D eigenvalue weighted by Crippen LogP contribution is 2.33. The van der Waals surface area contributed by atoms with Crippen molar-refractivity contribution in [1.82, 2.24) is 16.0 Å². The highest BCUT2D eigenvalue weighted by atomic mass is 32.2. The van der Waals surface area contributed by atoms with Crippen LogP contribution in [0.5, 0.6) is 0 Å². The minimum Gasteiger partial charge on any atom is -0.381 e. The van der Waals surface area contributed by atoms with Gasteiger partial charge in [0.25, 0.3) is 0 Å². The second kappa shape index (κ2) is 10.7. The Morgan fingerprint density at radius 2 is 1.96 bits per heavy atom. The Kier molecular flexibility index (Phi) is 8.54. The lowest BCUT2D eigenvalue weighted by Crippen LogP contribution is -2.36. The highest BCUT2D eigenvalue weighted by Gasteiger charge is 2.42. The third-order valence-corrected chi connectivity index (χ3v) is 6.14. The lowest BCUT2D eigenvalue weighted by atomic mass is 10.0. The maximum Gasteiger partial charge on any atom is 0.315 e. The van der Waals surface area contributed by atoms with Crippen LogP contribution in [0, 0.1) is 0 Å². The summed E-state index contributed by atoms with van der Waals surface area (Å²) < 4.78 is 5.34. The van der Waals surface area contributed by atoms with Gasteiger partial charge in [0.2, 0.25) is 5.91 Å². The van der Waals surface area contributed by atoms with E-state index in [0.29, 0.717) is 44.1 Å². The zero-order valence-electron chi connectivity index (χ0n) is 14.8. The first kappa shape index (κ1) is 20.0. The van der Waals surface area contributed by atoms with Gasteiger partial charge in [0, 0.05) is 43.9 Å². The number of hydrogen-bond acceptors (Lipinski definition) is 5. The number of ether oxygens (including phenoxy) is 1. The summed E-state index contributed by atoms with van der Waals surface area (Å²) in [6.07, 6.45) is 5.21. The van der Waals surface area contributed by atoms with Crippen molar-refractivity contribution in [2.45, 2.75) is 62.3 Å². The molecule has 2 saturated heterocycles. The summed E-state index contributed by atoms with van der Waals surface area (Å²) in [6.45, 7) is 0.928. The molecule has 142 valence electrons. The molecule has 3 unspecified atom stereocenters. The SMILES string of the molecule is CNC(=O)CCOCCCC(=O)CCCCC1SCC2NC(=O)NC21. The molecule has 0 aliphatic carbocycles. The number of urea groups is 1. The first-order valence-corrected chi connectivity index (χ1v) is 10.1. The number of amides is 3. The number of unbranched alkanes of at least 4 members (excludes halogenated alkanes) is 1. The molecule has 0 aromatic heterocycles. The zero-order valence-corrected chi connectivity index (χ0v) is 15.7. The first-order chi connectivity index (χ1) is 12.1. The molecule has 2 aliphatic rings. The molecule has 3 atom stereocenters. The van der Waals surface area contributed by atoms with Crippen LogP contribution in [0.4, 0.5) is 4.79 Å². The quantitative estimate of drug-likeness (QED) is 0.354. The molecule has 25 heavy (non-hydrogen) atoms. The average molecular weight is 372 g/mol. The van der Waals surface area contributed by atoms with Crippen molar-refractivity contribution < 1.29 is 19.1 Å². The van der Waals surface area contributed by atoms with Crippen LogP contribution in [0.25, 0.3) is 0 Å². The molecule has 8 heteroatoms. The molecule has 2 heterocycles. The van der Waals surface area contributed by atoms with Gasteiger partial charge in [-0.1, -0.05) is 6.42 Å². The molecule has 2 aliphatic heterocycles. The number of rotatable bonds is 12. The fourth-order valence-corrected chi connectivity index (χ4v) is 4.74. The fraction of sp³-hybridized carbons (Fsp3) is 0.824. The summed E-state index contributed by atoms with van der Waals surface area (Å²) in [5.41, 5.74) is 0. The fourth-order valence-electron chi connectivity index (χ4n) is 3.20. The van der Waals surface area contributed by atoms with Gasteiger partial charge in [-0.2, -0.15) is 11.8 Å². The Bertz CT molecular complexity index is 475. The third kappa shape index (κ3) is 6.86. The molecule has 0 bridgehead atoms. The molecule has 2 rings (SSSR count). The Morgan fingerprint density at radius 3 is 2.76 bits per heavy atom. The van der Waals surface area contributed by atoms with Gasteiger partial charge in [-0.05, 0) is 19.3 Å². The van der Waals surface area contributed by atoms with Crippen LogP contribution in [0.15, 0.2) is 0 Å². The Morgan fingerprint density at radius 1 is 1.16 bits per heavy atom. The van der Waals surface area contributed by atoms with E-state index in [9.17, 15) is 14.4 Å². The topological polar surface area (TPSA) is 96.5 Å². The molecule has 2 fully saturated rings. The molecule has 7 nitrogen and oxygen atoms in total. The van der Waals surface area contributed by atoms with E-state index in [4.69, 9.17) is 4.74 Å². The van der Waals surface area contributed by atoms with Crippen molar-refractivity contribution in [3.05, 3.63) is 0 Å². The first-order valence-electron chi connectivity index (χ1n) is 9.09. The summed E-state index contributed by atoms with van der Waals surface area (Å²) >= 11 is 1.91. The van der Waals surface area contributed by atoms with Gasteiger partial charge in [0.15, 0.2) is 0 Å². The van der Waals surface area contributed by atoms with Crippen molar-refractivity contribution in [1.29, 1.82) is 0 Å². The summed E-state index contributed by atoms with van der Waals surface area (Å²) in [4.78, 5) is 34.2. The Labute approximate surface area is 153 Å². The van der Waals surface area contributed by atoms with Gasteiger partial charge in [-0.25, -0.2) is 4.79 Å². The monoisotopic (exact) mass is 371 g/mol. The standard InChI is InChI=1S/C17H29N3O4S/c1-18-15(22)8-10-24-9-4-6-12(21)5-2-3-7-14-16-13(11-25-14)19-17(23)20-16/h13-14,16H,2-11H2,1H3,(H,18,22)(H2,19,20,23). The predicted molar refractivity (Wildman–Crippen MR) is 97.7 cm³/mol. The van der Waals surface area contributed by atoms with E-state index in [1.54, 1.807) is 7.05 Å².